The molecule has 0 atom stereocenters. The highest BCUT2D eigenvalue weighted by Crippen LogP contribution is 1.91. The first-order chi connectivity index (χ1) is 6.06. The van der Waals surface area contributed by atoms with Gasteiger partial charge in [0.25, 0.3) is 10.1 Å². The van der Waals surface area contributed by atoms with Gasteiger partial charge in [0.1, 0.15) is 0 Å². The molecule has 0 aromatic heterocycles. The van der Waals surface area contributed by atoms with Gasteiger partial charge >= 0.3 is 0 Å². The number of rotatable bonds is 8. The molecule has 0 amide bonds. The quantitative estimate of drug-likeness (QED) is 0.441. The summed E-state index contributed by atoms with van der Waals surface area (Å²) in [5.41, 5.74) is 0. The second-order valence-electron chi connectivity index (χ2n) is 2.53. The zero-order valence-corrected chi connectivity index (χ0v) is 8.48. The lowest BCUT2D eigenvalue weighted by molar-refractivity contribution is 0.0986. The maximum atomic E-state index is 11.6. The third-order valence-corrected chi connectivity index (χ3v) is 1.79. The van der Waals surface area contributed by atoms with E-state index in [1.807, 2.05) is 0 Å². The number of ether oxygens (including phenoxy) is 1. The van der Waals surface area contributed by atoms with Crippen molar-refractivity contribution in [1.82, 2.24) is 0 Å². The molecule has 0 saturated carbocycles. The minimum Gasteiger partial charge on any atom is -0.379 e. The van der Waals surface area contributed by atoms with Gasteiger partial charge in [-0.15, -0.1) is 0 Å². The topological polar surface area (TPSA) is 52.6 Å². The summed E-state index contributed by atoms with van der Waals surface area (Å²) in [6.07, 6.45) is 2.11. The molecule has 0 rings (SSSR count). The normalized spacial score (nSPS) is 11.8. The molecule has 0 heterocycles. The van der Waals surface area contributed by atoms with Gasteiger partial charge < -0.3 is 4.74 Å². The molecule has 6 heteroatoms. The highest BCUT2D eigenvalue weighted by atomic mass is 32.2. The second-order valence-corrected chi connectivity index (χ2v) is 4.18. The van der Waals surface area contributed by atoms with Gasteiger partial charge in [0.05, 0.1) is 26.1 Å². The summed E-state index contributed by atoms with van der Waals surface area (Å²) in [5.74, 6) is 0. The van der Waals surface area contributed by atoms with Gasteiger partial charge in [0.2, 0.25) is 0 Å². The van der Waals surface area contributed by atoms with Crippen LogP contribution in [0.3, 0.4) is 0 Å². The molecule has 4 nitrogen and oxygen atoms in total. The molecular weight excluding hydrogens is 199 g/mol. The number of hydrogen-bond donors (Lipinski definition) is 0. The molecule has 0 aliphatic rings. The lowest BCUT2D eigenvalue weighted by Crippen LogP contribution is -2.10. The molecule has 0 radical (unpaired) electrons. The Balaban J connectivity index is 3.09. The number of unbranched alkanes of at least 4 members (excludes halogenated alkanes) is 1. The summed E-state index contributed by atoms with van der Waals surface area (Å²) >= 11 is 0. The van der Waals surface area contributed by atoms with E-state index in [4.69, 9.17) is 4.74 Å². The molecule has 0 aliphatic heterocycles. The number of alkyl halides is 1. The summed E-state index contributed by atoms with van der Waals surface area (Å²) < 4.78 is 41.8. The molecule has 0 saturated heterocycles. The minimum atomic E-state index is -3.36. The molecule has 0 aromatic rings. The minimum absolute atomic E-state index is 0.0223. The number of halogens is 1. The van der Waals surface area contributed by atoms with E-state index < -0.39 is 10.1 Å². The van der Waals surface area contributed by atoms with Crippen LogP contribution in [0.25, 0.3) is 0 Å². The van der Waals surface area contributed by atoms with E-state index in [0.29, 0.717) is 19.4 Å². The van der Waals surface area contributed by atoms with E-state index in [1.54, 1.807) is 0 Å². The predicted octanol–water partition coefficient (Wildman–Crippen LogP) is 0.729. The zero-order valence-electron chi connectivity index (χ0n) is 7.66. The third-order valence-electron chi connectivity index (χ3n) is 1.20. The highest BCUT2D eigenvalue weighted by Gasteiger charge is 1.99. The van der Waals surface area contributed by atoms with Crippen molar-refractivity contribution in [3.8, 4) is 0 Å². The van der Waals surface area contributed by atoms with Crippen LogP contribution in [0.15, 0.2) is 0 Å². The first-order valence-corrected chi connectivity index (χ1v) is 5.86. The Labute approximate surface area is 78.2 Å². The van der Waals surface area contributed by atoms with Crippen molar-refractivity contribution in [2.24, 2.45) is 0 Å². The molecule has 0 spiro atoms. The lowest BCUT2D eigenvalue weighted by atomic mass is 10.3. The molecule has 0 fully saturated rings. The Morgan fingerprint density at radius 1 is 1.15 bits per heavy atom. The molecule has 0 N–H and O–H groups in total. The average Bonchev–Trinajstić information content (AvgIpc) is 2.01. The van der Waals surface area contributed by atoms with Gasteiger partial charge in [-0.2, -0.15) is 8.42 Å². The molecule has 80 valence electrons. The molecule has 0 unspecified atom stereocenters. The Kier molecular flexibility index (Phi) is 7.12. The summed E-state index contributed by atoms with van der Waals surface area (Å²) in [6, 6.07) is 0. The standard InChI is InChI=1S/C7H15FO4S/c1-13(9,10)12-7-6-11-5-3-2-4-8/h2-7H2,1H3. The fraction of sp³-hybridized carbons (Fsp3) is 1.00. The molecular formula is C7H15FO4S. The van der Waals surface area contributed by atoms with Crippen LogP contribution in [0.5, 0.6) is 0 Å². The summed E-state index contributed by atoms with van der Waals surface area (Å²) in [6.45, 7) is 0.341. The maximum Gasteiger partial charge on any atom is 0.264 e. The van der Waals surface area contributed by atoms with Crippen molar-refractivity contribution in [3.63, 3.8) is 0 Å². The fourth-order valence-corrected chi connectivity index (χ4v) is 1.02. The monoisotopic (exact) mass is 214 g/mol. The van der Waals surface area contributed by atoms with Gasteiger partial charge in [0, 0.05) is 6.61 Å². The van der Waals surface area contributed by atoms with Crippen LogP contribution in [0.1, 0.15) is 12.8 Å². The van der Waals surface area contributed by atoms with Gasteiger partial charge in [-0.25, -0.2) is 0 Å². The van der Waals surface area contributed by atoms with E-state index >= 15 is 0 Å². The van der Waals surface area contributed by atoms with Crippen LogP contribution < -0.4 is 0 Å². The van der Waals surface area contributed by atoms with Gasteiger partial charge in [-0.1, -0.05) is 0 Å². The van der Waals surface area contributed by atoms with Crippen LogP contribution in [-0.4, -0.2) is 41.2 Å². The molecule has 0 aliphatic carbocycles. The van der Waals surface area contributed by atoms with Gasteiger partial charge in [0.15, 0.2) is 0 Å². The first-order valence-electron chi connectivity index (χ1n) is 4.04. The van der Waals surface area contributed by atoms with Crippen molar-refractivity contribution >= 4 is 10.1 Å². The van der Waals surface area contributed by atoms with Gasteiger partial charge in [-0.3, -0.25) is 8.57 Å². The third kappa shape index (κ3) is 11.8. The Hall–Kier alpha value is -0.200. The van der Waals surface area contributed by atoms with Crippen molar-refractivity contribution in [2.75, 3.05) is 32.8 Å². The van der Waals surface area contributed by atoms with Crippen molar-refractivity contribution < 1.29 is 21.7 Å². The largest absolute Gasteiger partial charge is 0.379 e. The van der Waals surface area contributed by atoms with Crippen molar-refractivity contribution in [2.45, 2.75) is 12.8 Å². The number of hydrogen-bond acceptors (Lipinski definition) is 4. The van der Waals surface area contributed by atoms with E-state index in [0.717, 1.165) is 6.26 Å². The fourth-order valence-electron chi connectivity index (χ4n) is 0.645. The Morgan fingerprint density at radius 3 is 2.38 bits per heavy atom. The van der Waals surface area contributed by atoms with E-state index in [-0.39, 0.29) is 19.9 Å². The lowest BCUT2D eigenvalue weighted by Gasteiger charge is -2.02. The average molecular weight is 214 g/mol. The van der Waals surface area contributed by atoms with E-state index in [1.165, 1.54) is 0 Å². The summed E-state index contributed by atoms with van der Waals surface area (Å²) in [5, 5.41) is 0. The Morgan fingerprint density at radius 2 is 1.85 bits per heavy atom. The van der Waals surface area contributed by atoms with Crippen LogP contribution in [-0.2, 0) is 19.0 Å². The van der Waals surface area contributed by atoms with E-state index in [2.05, 4.69) is 4.18 Å². The first kappa shape index (κ1) is 12.8. The highest BCUT2D eigenvalue weighted by molar-refractivity contribution is 7.85. The summed E-state index contributed by atoms with van der Waals surface area (Å²) in [4.78, 5) is 0. The van der Waals surface area contributed by atoms with Crippen LogP contribution in [0, 0.1) is 0 Å². The van der Waals surface area contributed by atoms with Crippen LogP contribution in [0.4, 0.5) is 4.39 Å². The Bertz CT molecular complexity index is 203. The molecule has 13 heavy (non-hydrogen) atoms. The van der Waals surface area contributed by atoms with Crippen LogP contribution in [0.2, 0.25) is 0 Å². The van der Waals surface area contributed by atoms with Gasteiger partial charge in [-0.05, 0) is 12.8 Å². The smallest absolute Gasteiger partial charge is 0.264 e. The second kappa shape index (κ2) is 7.23. The predicted molar refractivity (Wildman–Crippen MR) is 46.8 cm³/mol. The van der Waals surface area contributed by atoms with Crippen molar-refractivity contribution in [1.29, 1.82) is 0 Å². The molecule has 0 aromatic carbocycles. The van der Waals surface area contributed by atoms with E-state index in [9.17, 15) is 12.8 Å². The molecule has 0 bridgehead atoms. The zero-order chi connectivity index (χ0) is 10.2. The van der Waals surface area contributed by atoms with Crippen LogP contribution >= 0.6 is 0 Å². The SMILES string of the molecule is CS(=O)(=O)OCCOCCCCF. The summed E-state index contributed by atoms with van der Waals surface area (Å²) in [7, 11) is -3.36. The maximum absolute atomic E-state index is 11.6. The van der Waals surface area contributed by atoms with Crippen molar-refractivity contribution in [3.05, 3.63) is 0 Å².